The number of ether oxygens (including phenoxy) is 4. The minimum absolute atomic E-state index is 0.00669. The Balaban J connectivity index is 1.21. The first-order chi connectivity index (χ1) is 21.4. The third kappa shape index (κ3) is 6.96. The van der Waals surface area contributed by atoms with Gasteiger partial charge in [0.25, 0.3) is 5.91 Å². The number of benzene rings is 2. The number of carbonyl (C=O) groups excluding carboxylic acids is 2. The van der Waals surface area contributed by atoms with Crippen LogP contribution in [0, 0.1) is 0 Å². The molecule has 12 heteroatoms. The van der Waals surface area contributed by atoms with Crippen molar-refractivity contribution in [3.63, 3.8) is 0 Å². The Hall–Kier alpha value is -4.58. The van der Waals surface area contributed by atoms with Gasteiger partial charge in [-0.3, -0.25) is 9.59 Å². The van der Waals surface area contributed by atoms with Gasteiger partial charge < -0.3 is 38.5 Å². The molecule has 2 aromatic carbocycles. The summed E-state index contributed by atoms with van der Waals surface area (Å²) in [4.78, 5) is 34.9. The van der Waals surface area contributed by atoms with Crippen LogP contribution in [-0.2, 0) is 4.79 Å². The van der Waals surface area contributed by atoms with Crippen LogP contribution in [0.2, 0.25) is 0 Å². The van der Waals surface area contributed by atoms with Gasteiger partial charge >= 0.3 is 0 Å². The third-order valence-corrected chi connectivity index (χ3v) is 8.10. The molecule has 3 heterocycles. The van der Waals surface area contributed by atoms with Crippen molar-refractivity contribution in [3.05, 3.63) is 54.1 Å². The molecule has 0 spiro atoms. The molecule has 1 aromatic heterocycles. The zero-order chi connectivity index (χ0) is 31.1. The number of amides is 2. The van der Waals surface area contributed by atoms with Crippen molar-refractivity contribution in [2.75, 3.05) is 84.8 Å². The number of nitrogens with zero attached hydrogens (tertiary/aromatic N) is 6. The van der Waals surface area contributed by atoms with Crippen LogP contribution in [0.4, 0.5) is 5.82 Å². The molecule has 0 saturated carbocycles. The van der Waals surface area contributed by atoms with E-state index in [0.29, 0.717) is 73.5 Å². The molecule has 3 aromatic rings. The van der Waals surface area contributed by atoms with Gasteiger partial charge in [0.15, 0.2) is 17.3 Å². The molecule has 44 heavy (non-hydrogen) atoms. The van der Waals surface area contributed by atoms with E-state index in [1.165, 1.54) is 0 Å². The maximum atomic E-state index is 13.6. The Morgan fingerprint density at radius 3 is 2.32 bits per heavy atom. The lowest BCUT2D eigenvalue weighted by Crippen LogP contribution is -2.52. The van der Waals surface area contributed by atoms with E-state index in [9.17, 15) is 9.59 Å². The van der Waals surface area contributed by atoms with Gasteiger partial charge in [-0.05, 0) is 55.6 Å². The van der Waals surface area contributed by atoms with E-state index in [1.807, 2.05) is 35.2 Å². The second kappa shape index (κ2) is 14.3. The highest BCUT2D eigenvalue weighted by Gasteiger charge is 2.27. The van der Waals surface area contributed by atoms with E-state index in [0.717, 1.165) is 24.5 Å². The largest absolute Gasteiger partial charge is 0.497 e. The fraction of sp³-hybridized carbons (Fsp3) is 0.438. The molecular formula is C32H40N6O6. The maximum absolute atomic E-state index is 13.6. The average molecular weight is 605 g/mol. The Morgan fingerprint density at radius 1 is 0.864 bits per heavy atom. The van der Waals surface area contributed by atoms with E-state index in [4.69, 9.17) is 18.9 Å². The van der Waals surface area contributed by atoms with Gasteiger partial charge in [0.1, 0.15) is 18.0 Å². The van der Waals surface area contributed by atoms with Crippen molar-refractivity contribution in [1.29, 1.82) is 0 Å². The van der Waals surface area contributed by atoms with Crippen LogP contribution in [0.25, 0.3) is 11.3 Å². The first-order valence-corrected chi connectivity index (χ1v) is 14.9. The number of carbonyl (C=O) groups is 2. The quantitative estimate of drug-likeness (QED) is 0.306. The zero-order valence-electron chi connectivity index (χ0n) is 25.8. The zero-order valence-corrected chi connectivity index (χ0v) is 25.8. The second-order valence-corrected chi connectivity index (χ2v) is 10.5. The molecule has 2 aliphatic heterocycles. The molecule has 1 saturated heterocycles. The summed E-state index contributed by atoms with van der Waals surface area (Å²) >= 11 is 0. The summed E-state index contributed by atoms with van der Waals surface area (Å²) in [5.74, 6) is 2.98. The molecule has 0 radical (unpaired) electrons. The fourth-order valence-electron chi connectivity index (χ4n) is 5.36. The Morgan fingerprint density at radius 2 is 1.64 bits per heavy atom. The lowest BCUT2D eigenvalue weighted by Gasteiger charge is -2.36. The lowest BCUT2D eigenvalue weighted by molar-refractivity contribution is -0.132. The van der Waals surface area contributed by atoms with Crippen LogP contribution < -0.4 is 23.8 Å². The van der Waals surface area contributed by atoms with Gasteiger partial charge in [-0.1, -0.05) is 13.8 Å². The highest BCUT2D eigenvalue weighted by atomic mass is 16.7. The van der Waals surface area contributed by atoms with Gasteiger partial charge in [0.2, 0.25) is 12.7 Å². The van der Waals surface area contributed by atoms with E-state index in [1.54, 1.807) is 37.3 Å². The number of fused-ring (bicyclic) bond motifs is 1. The Labute approximate surface area is 258 Å². The van der Waals surface area contributed by atoms with E-state index < -0.39 is 0 Å². The van der Waals surface area contributed by atoms with Crippen LogP contribution >= 0.6 is 0 Å². The highest BCUT2D eigenvalue weighted by Crippen LogP contribution is 2.33. The van der Waals surface area contributed by atoms with Gasteiger partial charge in [0, 0.05) is 56.5 Å². The summed E-state index contributed by atoms with van der Waals surface area (Å²) in [6, 6.07) is 14.6. The first-order valence-electron chi connectivity index (χ1n) is 14.9. The van der Waals surface area contributed by atoms with Crippen LogP contribution in [0.15, 0.2) is 48.5 Å². The van der Waals surface area contributed by atoms with Crippen molar-refractivity contribution in [3.8, 4) is 34.3 Å². The summed E-state index contributed by atoms with van der Waals surface area (Å²) in [5, 5.41) is 8.90. The summed E-state index contributed by atoms with van der Waals surface area (Å²) in [5.41, 5.74) is 1.99. The molecule has 0 atom stereocenters. The Bertz CT molecular complexity index is 1440. The minimum atomic E-state index is -0.203. The molecule has 2 aliphatic rings. The lowest BCUT2D eigenvalue weighted by atomic mass is 10.1. The topological polar surface area (TPSA) is 110 Å². The molecule has 0 unspecified atom stereocenters. The van der Waals surface area contributed by atoms with Gasteiger partial charge in [-0.25, -0.2) is 0 Å². The minimum Gasteiger partial charge on any atom is -0.497 e. The smallest absolute Gasteiger partial charge is 0.254 e. The average Bonchev–Trinajstić information content (AvgIpc) is 3.56. The number of hydrogen-bond donors (Lipinski definition) is 0. The van der Waals surface area contributed by atoms with Crippen molar-refractivity contribution < 1.29 is 28.5 Å². The molecule has 0 N–H and O–H groups in total. The predicted octanol–water partition coefficient (Wildman–Crippen LogP) is 3.02. The number of aromatic nitrogens is 2. The summed E-state index contributed by atoms with van der Waals surface area (Å²) in [7, 11) is 3.22. The summed E-state index contributed by atoms with van der Waals surface area (Å²) in [6.07, 6.45) is 0. The SMILES string of the molecule is CCN(CC)CCN(CC(=O)N1CCN(c2ccc(-c3ccc(OC)cc3OC)nn2)CC1)C(=O)c1ccc2c(c1)OCO2. The van der Waals surface area contributed by atoms with Gasteiger partial charge in [0.05, 0.1) is 19.9 Å². The summed E-state index contributed by atoms with van der Waals surface area (Å²) in [6.45, 7) is 9.46. The normalized spacial score (nSPS) is 14.1. The monoisotopic (exact) mass is 604 g/mol. The standard InChI is InChI=1S/C32H40N6O6/c1-5-35(6-2)13-14-38(32(40)23-7-11-27-29(19-23)44-22-43-27)21-31(39)37-17-15-36(16-18-37)30-12-10-26(33-34-30)25-9-8-24(41-3)20-28(25)42-4/h7-12,19-20H,5-6,13-18,21-22H2,1-4H3. The fourth-order valence-corrected chi connectivity index (χ4v) is 5.36. The van der Waals surface area contributed by atoms with E-state index >= 15 is 0 Å². The number of rotatable bonds is 12. The number of methoxy groups -OCH3 is 2. The van der Waals surface area contributed by atoms with Gasteiger partial charge in [-0.2, -0.15) is 0 Å². The number of hydrogen-bond acceptors (Lipinski definition) is 10. The molecule has 2 amide bonds. The second-order valence-electron chi connectivity index (χ2n) is 10.5. The van der Waals surface area contributed by atoms with Crippen LogP contribution in [0.5, 0.6) is 23.0 Å². The number of anilines is 1. The van der Waals surface area contributed by atoms with E-state index in [2.05, 4.69) is 33.8 Å². The number of piperazine rings is 1. The van der Waals surface area contributed by atoms with Crippen LogP contribution in [0.3, 0.4) is 0 Å². The molecule has 0 bridgehead atoms. The third-order valence-electron chi connectivity index (χ3n) is 8.10. The predicted molar refractivity (Wildman–Crippen MR) is 166 cm³/mol. The van der Waals surface area contributed by atoms with E-state index in [-0.39, 0.29) is 25.2 Å². The van der Waals surface area contributed by atoms with Gasteiger partial charge in [-0.15, -0.1) is 10.2 Å². The molecular weight excluding hydrogens is 564 g/mol. The molecule has 234 valence electrons. The first kappa shape index (κ1) is 30.9. The molecule has 12 nitrogen and oxygen atoms in total. The summed E-state index contributed by atoms with van der Waals surface area (Å²) < 4.78 is 21.7. The molecule has 1 fully saturated rings. The van der Waals surface area contributed by atoms with Crippen LogP contribution in [0.1, 0.15) is 24.2 Å². The van der Waals surface area contributed by atoms with Crippen molar-refractivity contribution in [1.82, 2.24) is 24.9 Å². The Kier molecular flexibility index (Phi) is 10.0. The van der Waals surface area contributed by atoms with Crippen molar-refractivity contribution in [2.24, 2.45) is 0 Å². The highest BCUT2D eigenvalue weighted by molar-refractivity contribution is 5.97. The molecule has 0 aliphatic carbocycles. The maximum Gasteiger partial charge on any atom is 0.254 e. The van der Waals surface area contributed by atoms with Crippen molar-refractivity contribution in [2.45, 2.75) is 13.8 Å². The molecule has 5 rings (SSSR count). The van der Waals surface area contributed by atoms with Crippen LogP contribution in [-0.4, -0.2) is 117 Å². The number of likely N-dealkylation sites (N-methyl/N-ethyl adjacent to an activating group) is 1. The van der Waals surface area contributed by atoms with Crippen molar-refractivity contribution >= 4 is 17.6 Å².